The Balaban J connectivity index is 1.46. The van der Waals surface area contributed by atoms with Crippen LogP contribution in [0.2, 0.25) is 0 Å². The summed E-state index contributed by atoms with van der Waals surface area (Å²) in [6.07, 6.45) is 2.45. The number of alkyl carbamates (subject to hydrolysis) is 1. The Morgan fingerprint density at radius 3 is 2.81 bits per heavy atom. The highest BCUT2D eigenvalue weighted by molar-refractivity contribution is 5.85. The number of carbonyl (C=O) groups is 2. The summed E-state index contributed by atoms with van der Waals surface area (Å²) in [5, 5.41) is 6.97. The first kappa shape index (κ1) is 18.3. The smallest absolute Gasteiger partial charge is 0.407 e. The number of aryl methyl sites for hydroxylation is 1. The number of H-pyrrole nitrogens is 1. The molecular formula is C20H27N3O3. The fourth-order valence-electron chi connectivity index (χ4n) is 3.40. The second-order valence-corrected chi connectivity index (χ2v) is 7.81. The number of benzene rings is 1. The van der Waals surface area contributed by atoms with Crippen molar-refractivity contribution in [3.8, 4) is 0 Å². The summed E-state index contributed by atoms with van der Waals surface area (Å²) in [4.78, 5) is 27.2. The first-order valence-electron chi connectivity index (χ1n) is 9.16. The van der Waals surface area contributed by atoms with E-state index in [-0.39, 0.29) is 24.9 Å². The van der Waals surface area contributed by atoms with Crippen LogP contribution in [0.1, 0.15) is 44.9 Å². The van der Waals surface area contributed by atoms with Crippen LogP contribution < -0.4 is 10.6 Å². The van der Waals surface area contributed by atoms with Gasteiger partial charge in [-0.05, 0) is 45.2 Å². The van der Waals surface area contributed by atoms with Crippen LogP contribution in [-0.4, -0.2) is 35.2 Å². The van der Waals surface area contributed by atoms with Gasteiger partial charge in [0.1, 0.15) is 5.60 Å². The van der Waals surface area contributed by atoms with Crippen LogP contribution >= 0.6 is 0 Å². The van der Waals surface area contributed by atoms with Crippen LogP contribution in [0, 0.1) is 0 Å². The van der Waals surface area contributed by atoms with Crippen LogP contribution in [-0.2, 0) is 22.4 Å². The molecule has 0 radical (unpaired) electrons. The highest BCUT2D eigenvalue weighted by Crippen LogP contribution is 2.29. The van der Waals surface area contributed by atoms with Crippen molar-refractivity contribution >= 4 is 22.9 Å². The minimum atomic E-state index is -0.536. The highest BCUT2D eigenvalue weighted by Gasteiger charge is 2.23. The lowest BCUT2D eigenvalue weighted by Crippen LogP contribution is -2.40. The number of hydrogen-bond donors (Lipinski definition) is 3. The maximum absolute atomic E-state index is 12.1. The number of para-hydroxylation sites is 1. The molecule has 140 valence electrons. The third kappa shape index (κ3) is 4.56. The second-order valence-electron chi connectivity index (χ2n) is 7.81. The summed E-state index contributed by atoms with van der Waals surface area (Å²) >= 11 is 0. The quantitative estimate of drug-likeness (QED) is 0.786. The highest BCUT2D eigenvalue weighted by atomic mass is 16.6. The van der Waals surface area contributed by atoms with Crippen molar-refractivity contribution in [2.24, 2.45) is 0 Å². The van der Waals surface area contributed by atoms with Crippen molar-refractivity contribution in [1.29, 1.82) is 0 Å². The van der Waals surface area contributed by atoms with Crippen molar-refractivity contribution in [1.82, 2.24) is 15.6 Å². The fourth-order valence-corrected chi connectivity index (χ4v) is 3.40. The van der Waals surface area contributed by atoms with Gasteiger partial charge in [0.15, 0.2) is 0 Å². The van der Waals surface area contributed by atoms with Gasteiger partial charge in [0.2, 0.25) is 5.91 Å². The summed E-state index contributed by atoms with van der Waals surface area (Å²) in [5.74, 6) is -0.0504. The van der Waals surface area contributed by atoms with Gasteiger partial charge in [-0.2, -0.15) is 0 Å². The number of nitrogens with one attached hydrogen (secondary N) is 3. The van der Waals surface area contributed by atoms with E-state index in [0.29, 0.717) is 0 Å². The van der Waals surface area contributed by atoms with Crippen molar-refractivity contribution in [3.63, 3.8) is 0 Å². The van der Waals surface area contributed by atoms with Crippen molar-refractivity contribution in [2.45, 2.75) is 58.1 Å². The lowest BCUT2D eigenvalue weighted by Gasteiger charge is -2.23. The van der Waals surface area contributed by atoms with Crippen molar-refractivity contribution < 1.29 is 14.3 Å². The van der Waals surface area contributed by atoms with E-state index in [1.807, 2.05) is 6.07 Å². The molecule has 1 aliphatic carbocycles. The molecule has 1 aromatic carbocycles. The van der Waals surface area contributed by atoms with E-state index < -0.39 is 11.7 Å². The SMILES string of the molecule is CC(C)(C)OC(=O)NCCC(=O)NC1CCc2c([nH]c3ccccc23)C1. The van der Waals surface area contributed by atoms with Gasteiger partial charge in [-0.3, -0.25) is 4.79 Å². The van der Waals surface area contributed by atoms with E-state index in [1.54, 1.807) is 20.8 Å². The van der Waals surface area contributed by atoms with E-state index >= 15 is 0 Å². The maximum Gasteiger partial charge on any atom is 0.407 e. The Labute approximate surface area is 153 Å². The topological polar surface area (TPSA) is 83.2 Å². The van der Waals surface area contributed by atoms with Crippen LogP contribution in [0.15, 0.2) is 24.3 Å². The van der Waals surface area contributed by atoms with E-state index in [4.69, 9.17) is 4.74 Å². The van der Waals surface area contributed by atoms with E-state index in [2.05, 4.69) is 33.8 Å². The Bertz CT molecular complexity index is 804. The molecule has 1 unspecified atom stereocenters. The molecular weight excluding hydrogens is 330 g/mol. The molecule has 2 aromatic rings. The summed E-state index contributed by atoms with van der Waals surface area (Å²) in [5.41, 5.74) is 3.21. The first-order valence-corrected chi connectivity index (χ1v) is 9.16. The summed E-state index contributed by atoms with van der Waals surface area (Å²) in [7, 11) is 0. The van der Waals surface area contributed by atoms with Gasteiger partial charge in [0.05, 0.1) is 0 Å². The molecule has 1 aliphatic rings. The lowest BCUT2D eigenvalue weighted by atomic mass is 9.91. The number of hydrogen-bond acceptors (Lipinski definition) is 3. The average Bonchev–Trinajstić information content (AvgIpc) is 2.90. The number of ether oxygens (including phenoxy) is 1. The minimum Gasteiger partial charge on any atom is -0.444 e. The predicted octanol–water partition coefficient (Wildman–Crippen LogP) is 3.06. The zero-order chi connectivity index (χ0) is 18.7. The molecule has 0 aliphatic heterocycles. The average molecular weight is 357 g/mol. The van der Waals surface area contributed by atoms with Gasteiger partial charge in [0, 0.05) is 42.0 Å². The molecule has 0 fully saturated rings. The number of carbonyl (C=O) groups excluding carboxylic acids is 2. The Kier molecular flexibility index (Phi) is 5.20. The predicted molar refractivity (Wildman–Crippen MR) is 101 cm³/mol. The molecule has 1 atom stereocenters. The van der Waals surface area contributed by atoms with Gasteiger partial charge < -0.3 is 20.4 Å². The van der Waals surface area contributed by atoms with Crippen molar-refractivity contribution in [3.05, 3.63) is 35.5 Å². The molecule has 1 aromatic heterocycles. The largest absolute Gasteiger partial charge is 0.444 e. The Morgan fingerprint density at radius 2 is 2.04 bits per heavy atom. The molecule has 0 saturated carbocycles. The third-order valence-corrected chi connectivity index (χ3v) is 4.48. The van der Waals surface area contributed by atoms with Gasteiger partial charge in [-0.15, -0.1) is 0 Å². The van der Waals surface area contributed by atoms with Crippen LogP contribution in [0.25, 0.3) is 10.9 Å². The van der Waals surface area contributed by atoms with E-state index in [0.717, 1.165) is 24.8 Å². The van der Waals surface area contributed by atoms with Gasteiger partial charge in [-0.1, -0.05) is 18.2 Å². The van der Waals surface area contributed by atoms with Gasteiger partial charge in [0.25, 0.3) is 0 Å². The summed E-state index contributed by atoms with van der Waals surface area (Å²) in [6, 6.07) is 8.45. The molecule has 1 heterocycles. The van der Waals surface area contributed by atoms with Crippen molar-refractivity contribution in [2.75, 3.05) is 6.54 Å². The molecule has 26 heavy (non-hydrogen) atoms. The summed E-state index contributed by atoms with van der Waals surface area (Å²) < 4.78 is 5.15. The van der Waals surface area contributed by atoms with Gasteiger partial charge >= 0.3 is 6.09 Å². The molecule has 0 bridgehead atoms. The number of amides is 2. The second kappa shape index (κ2) is 7.40. The van der Waals surface area contributed by atoms with Crippen LogP contribution in [0.4, 0.5) is 4.79 Å². The van der Waals surface area contributed by atoms with E-state index in [1.165, 1.54) is 16.6 Å². The lowest BCUT2D eigenvalue weighted by molar-refractivity contribution is -0.121. The van der Waals surface area contributed by atoms with E-state index in [9.17, 15) is 9.59 Å². The van der Waals surface area contributed by atoms with Crippen LogP contribution in [0.3, 0.4) is 0 Å². The Hall–Kier alpha value is -2.50. The zero-order valence-corrected chi connectivity index (χ0v) is 15.6. The Morgan fingerprint density at radius 1 is 1.27 bits per heavy atom. The molecule has 6 nitrogen and oxygen atoms in total. The molecule has 0 saturated heterocycles. The number of rotatable bonds is 4. The molecule has 0 spiro atoms. The number of aromatic amines is 1. The minimum absolute atomic E-state index is 0.0504. The fraction of sp³-hybridized carbons (Fsp3) is 0.500. The van der Waals surface area contributed by atoms with Crippen LogP contribution in [0.5, 0.6) is 0 Å². The van der Waals surface area contributed by atoms with Gasteiger partial charge in [-0.25, -0.2) is 4.79 Å². The number of fused-ring (bicyclic) bond motifs is 3. The third-order valence-electron chi connectivity index (χ3n) is 4.48. The standard InChI is InChI=1S/C20H27N3O3/c1-20(2,3)26-19(25)21-11-10-18(24)22-13-8-9-15-14-6-4-5-7-16(14)23-17(15)12-13/h4-7,13,23H,8-12H2,1-3H3,(H,21,25)(H,22,24). The monoisotopic (exact) mass is 357 g/mol. The zero-order valence-electron chi connectivity index (χ0n) is 15.6. The normalized spacial score (nSPS) is 16.8. The molecule has 6 heteroatoms. The molecule has 3 N–H and O–H groups in total. The molecule has 3 rings (SSSR count). The molecule has 2 amide bonds. The maximum atomic E-state index is 12.1. The first-order chi connectivity index (χ1) is 12.3. The number of aromatic nitrogens is 1. The summed E-state index contributed by atoms with van der Waals surface area (Å²) in [6.45, 7) is 5.69.